The lowest BCUT2D eigenvalue weighted by molar-refractivity contribution is 0.334. The van der Waals surface area contributed by atoms with Crippen molar-refractivity contribution in [2.75, 3.05) is 20.2 Å². The molecular formula is C14H20N2O3S. The molecule has 0 saturated carbocycles. The number of nitrogens with one attached hydrogen (secondary N) is 1. The molecule has 5 nitrogen and oxygen atoms in total. The van der Waals surface area contributed by atoms with Gasteiger partial charge >= 0.3 is 0 Å². The van der Waals surface area contributed by atoms with E-state index < -0.39 is 10.0 Å². The van der Waals surface area contributed by atoms with Gasteiger partial charge in [0.15, 0.2) is 0 Å². The van der Waals surface area contributed by atoms with E-state index in [0.717, 1.165) is 32.4 Å². The SMILES string of the molecule is COc1ccc(S(=O)(=O)N2C3CCNCC2CC3)cc1. The number of hydrogen-bond donors (Lipinski definition) is 1. The van der Waals surface area contributed by atoms with E-state index >= 15 is 0 Å². The summed E-state index contributed by atoms with van der Waals surface area (Å²) in [4.78, 5) is 0.358. The number of sulfonamides is 1. The van der Waals surface area contributed by atoms with E-state index in [1.54, 1.807) is 35.7 Å². The molecule has 2 fully saturated rings. The highest BCUT2D eigenvalue weighted by Gasteiger charge is 2.42. The number of hydrogen-bond acceptors (Lipinski definition) is 4. The Hall–Kier alpha value is -1.11. The Balaban J connectivity index is 1.94. The Bertz CT molecular complexity index is 557. The molecule has 0 radical (unpaired) electrons. The van der Waals surface area contributed by atoms with Crippen molar-refractivity contribution in [3.05, 3.63) is 24.3 Å². The molecule has 3 rings (SSSR count). The molecule has 0 amide bonds. The fraction of sp³-hybridized carbons (Fsp3) is 0.571. The molecule has 2 unspecified atom stereocenters. The summed E-state index contributed by atoms with van der Waals surface area (Å²) in [5, 5.41) is 3.32. The van der Waals surface area contributed by atoms with Crippen molar-refractivity contribution in [1.82, 2.24) is 9.62 Å². The van der Waals surface area contributed by atoms with Gasteiger partial charge in [0.05, 0.1) is 12.0 Å². The number of fused-ring (bicyclic) bond motifs is 2. The molecule has 1 aromatic rings. The zero-order chi connectivity index (χ0) is 14.2. The summed E-state index contributed by atoms with van der Waals surface area (Å²) >= 11 is 0. The molecule has 2 saturated heterocycles. The maximum absolute atomic E-state index is 12.9. The van der Waals surface area contributed by atoms with Crippen LogP contribution >= 0.6 is 0 Å². The van der Waals surface area contributed by atoms with Crippen LogP contribution in [-0.2, 0) is 10.0 Å². The van der Waals surface area contributed by atoms with Crippen molar-refractivity contribution < 1.29 is 13.2 Å². The first-order valence-electron chi connectivity index (χ1n) is 7.01. The van der Waals surface area contributed by atoms with Crippen molar-refractivity contribution in [2.24, 2.45) is 0 Å². The van der Waals surface area contributed by atoms with Crippen molar-refractivity contribution in [3.63, 3.8) is 0 Å². The lowest BCUT2D eigenvalue weighted by atomic mass is 10.1. The van der Waals surface area contributed by atoms with Gasteiger partial charge in [0.25, 0.3) is 0 Å². The van der Waals surface area contributed by atoms with Crippen LogP contribution in [0.4, 0.5) is 0 Å². The van der Waals surface area contributed by atoms with Crippen LogP contribution in [0.15, 0.2) is 29.2 Å². The molecule has 1 aromatic carbocycles. The second-order valence-electron chi connectivity index (χ2n) is 5.39. The number of ether oxygens (including phenoxy) is 1. The Morgan fingerprint density at radius 2 is 1.85 bits per heavy atom. The Morgan fingerprint density at radius 3 is 2.55 bits per heavy atom. The monoisotopic (exact) mass is 296 g/mol. The Labute approximate surface area is 120 Å². The molecule has 2 atom stereocenters. The van der Waals surface area contributed by atoms with Gasteiger partial charge in [0.1, 0.15) is 5.75 Å². The topological polar surface area (TPSA) is 58.6 Å². The largest absolute Gasteiger partial charge is 0.497 e. The van der Waals surface area contributed by atoms with Crippen LogP contribution in [-0.4, -0.2) is 45.0 Å². The van der Waals surface area contributed by atoms with Gasteiger partial charge in [0, 0.05) is 18.6 Å². The van der Waals surface area contributed by atoms with Gasteiger partial charge in [0.2, 0.25) is 10.0 Å². The lowest BCUT2D eigenvalue weighted by Gasteiger charge is -2.26. The van der Waals surface area contributed by atoms with Gasteiger partial charge in [-0.05, 0) is 50.1 Å². The minimum atomic E-state index is -3.41. The molecule has 2 heterocycles. The van der Waals surface area contributed by atoms with Crippen molar-refractivity contribution in [1.29, 1.82) is 0 Å². The third-order valence-electron chi connectivity index (χ3n) is 4.22. The maximum atomic E-state index is 12.9. The molecule has 0 aliphatic carbocycles. The smallest absolute Gasteiger partial charge is 0.243 e. The third-order valence-corrected chi connectivity index (χ3v) is 6.24. The van der Waals surface area contributed by atoms with E-state index in [1.807, 2.05) is 0 Å². The van der Waals surface area contributed by atoms with Gasteiger partial charge < -0.3 is 10.1 Å². The Morgan fingerprint density at radius 1 is 1.15 bits per heavy atom. The van der Waals surface area contributed by atoms with Crippen LogP contribution < -0.4 is 10.1 Å². The second-order valence-corrected chi connectivity index (χ2v) is 7.23. The maximum Gasteiger partial charge on any atom is 0.243 e. The summed E-state index contributed by atoms with van der Waals surface area (Å²) in [6, 6.07) is 6.89. The molecule has 1 N–H and O–H groups in total. The van der Waals surface area contributed by atoms with Crippen LogP contribution in [0.1, 0.15) is 19.3 Å². The second kappa shape index (κ2) is 5.35. The highest BCUT2D eigenvalue weighted by atomic mass is 32.2. The van der Waals surface area contributed by atoms with Gasteiger partial charge in [-0.25, -0.2) is 8.42 Å². The van der Waals surface area contributed by atoms with Crippen LogP contribution in [0.5, 0.6) is 5.75 Å². The van der Waals surface area contributed by atoms with Crippen LogP contribution in [0.2, 0.25) is 0 Å². The first-order valence-corrected chi connectivity index (χ1v) is 8.45. The number of benzene rings is 1. The summed E-state index contributed by atoms with van der Waals surface area (Å²) in [5.41, 5.74) is 0. The van der Waals surface area contributed by atoms with Crippen LogP contribution in [0.3, 0.4) is 0 Å². The van der Waals surface area contributed by atoms with Crippen molar-refractivity contribution >= 4 is 10.0 Å². The molecule has 20 heavy (non-hydrogen) atoms. The minimum absolute atomic E-state index is 0.0922. The predicted octanol–water partition coefficient (Wildman–Crippen LogP) is 1.21. The highest BCUT2D eigenvalue weighted by molar-refractivity contribution is 7.89. The molecule has 0 spiro atoms. The van der Waals surface area contributed by atoms with Gasteiger partial charge in [-0.2, -0.15) is 4.31 Å². The Kier molecular flexibility index (Phi) is 3.70. The number of methoxy groups -OCH3 is 1. The van der Waals surface area contributed by atoms with E-state index in [4.69, 9.17) is 4.74 Å². The molecular weight excluding hydrogens is 276 g/mol. The highest BCUT2D eigenvalue weighted by Crippen LogP contribution is 2.34. The van der Waals surface area contributed by atoms with E-state index in [-0.39, 0.29) is 12.1 Å². The average Bonchev–Trinajstić information content (AvgIpc) is 2.73. The van der Waals surface area contributed by atoms with Crippen LogP contribution in [0.25, 0.3) is 0 Å². The molecule has 110 valence electrons. The summed E-state index contributed by atoms with van der Waals surface area (Å²) < 4.78 is 32.5. The van der Waals surface area contributed by atoms with Crippen LogP contribution in [0, 0.1) is 0 Å². The fourth-order valence-electron chi connectivity index (χ4n) is 3.20. The van der Waals surface area contributed by atoms with E-state index in [1.165, 1.54) is 0 Å². The van der Waals surface area contributed by atoms with Gasteiger partial charge in [-0.3, -0.25) is 0 Å². The summed E-state index contributed by atoms with van der Waals surface area (Å²) in [6.45, 7) is 1.65. The van der Waals surface area contributed by atoms with E-state index in [0.29, 0.717) is 10.6 Å². The third kappa shape index (κ3) is 2.32. The molecule has 2 aliphatic rings. The average molecular weight is 296 g/mol. The minimum Gasteiger partial charge on any atom is -0.497 e. The van der Waals surface area contributed by atoms with Crippen molar-refractivity contribution in [2.45, 2.75) is 36.2 Å². The number of nitrogens with zero attached hydrogens (tertiary/aromatic N) is 1. The molecule has 2 bridgehead atoms. The summed E-state index contributed by atoms with van der Waals surface area (Å²) in [7, 11) is -1.83. The number of rotatable bonds is 3. The zero-order valence-electron chi connectivity index (χ0n) is 11.6. The first kappa shape index (κ1) is 13.9. The fourth-order valence-corrected chi connectivity index (χ4v) is 5.10. The lowest BCUT2D eigenvalue weighted by Crippen LogP contribution is -2.42. The van der Waals surface area contributed by atoms with Crippen molar-refractivity contribution in [3.8, 4) is 5.75 Å². The first-order chi connectivity index (χ1) is 9.63. The normalized spacial score (nSPS) is 27.2. The van der Waals surface area contributed by atoms with Gasteiger partial charge in [-0.15, -0.1) is 0 Å². The molecule has 6 heteroatoms. The predicted molar refractivity (Wildman–Crippen MR) is 76.3 cm³/mol. The quantitative estimate of drug-likeness (QED) is 0.911. The van der Waals surface area contributed by atoms with E-state index in [9.17, 15) is 8.42 Å². The van der Waals surface area contributed by atoms with Gasteiger partial charge in [-0.1, -0.05) is 0 Å². The zero-order valence-corrected chi connectivity index (χ0v) is 12.4. The molecule has 2 aliphatic heterocycles. The summed E-state index contributed by atoms with van der Waals surface area (Å²) in [5.74, 6) is 0.671. The molecule has 0 aromatic heterocycles. The van der Waals surface area contributed by atoms with E-state index in [2.05, 4.69) is 5.32 Å². The summed E-state index contributed by atoms with van der Waals surface area (Å²) in [6.07, 6.45) is 2.82. The standard InChI is InChI=1S/C14H20N2O3S/c1-19-13-4-6-14(7-5-13)20(17,18)16-11-2-3-12(16)10-15-9-8-11/h4-7,11-12,15H,2-3,8-10H2,1H3.